The van der Waals surface area contributed by atoms with Crippen LogP contribution in [0, 0.1) is 12.8 Å². The molecule has 0 bridgehead atoms. The van der Waals surface area contributed by atoms with Crippen molar-refractivity contribution < 1.29 is 14.7 Å². The number of carboxylic acids is 1. The Morgan fingerprint density at radius 2 is 2.23 bits per heavy atom. The van der Waals surface area contributed by atoms with Crippen LogP contribution in [0.25, 0.3) is 4.96 Å². The molecule has 1 fully saturated rings. The van der Waals surface area contributed by atoms with Crippen LogP contribution in [-0.2, 0) is 4.79 Å². The van der Waals surface area contributed by atoms with Gasteiger partial charge >= 0.3 is 5.97 Å². The molecule has 116 valence electrons. The molecule has 0 aromatic carbocycles. The van der Waals surface area contributed by atoms with Crippen LogP contribution in [0.5, 0.6) is 0 Å². The van der Waals surface area contributed by atoms with Gasteiger partial charge in [0, 0.05) is 23.3 Å². The van der Waals surface area contributed by atoms with Gasteiger partial charge in [0.1, 0.15) is 5.56 Å². The highest BCUT2D eigenvalue weighted by Gasteiger charge is 2.34. The number of fused-ring (bicyclic) bond motifs is 1. The molecule has 0 saturated heterocycles. The fourth-order valence-electron chi connectivity index (χ4n) is 2.86. The van der Waals surface area contributed by atoms with Crippen LogP contribution in [0.4, 0.5) is 0 Å². The Morgan fingerprint density at radius 3 is 2.95 bits per heavy atom. The minimum absolute atomic E-state index is 0.0601. The fourth-order valence-corrected chi connectivity index (χ4v) is 3.68. The molecule has 0 spiro atoms. The number of nitrogens with zero attached hydrogens (tertiary/aromatic N) is 2. The second-order valence-electron chi connectivity index (χ2n) is 5.43. The second kappa shape index (κ2) is 5.53. The van der Waals surface area contributed by atoms with Gasteiger partial charge in [-0.3, -0.25) is 18.8 Å². The van der Waals surface area contributed by atoms with Crippen molar-refractivity contribution in [1.82, 2.24) is 14.7 Å². The Morgan fingerprint density at radius 1 is 1.45 bits per heavy atom. The van der Waals surface area contributed by atoms with Gasteiger partial charge in [-0.2, -0.15) is 0 Å². The first-order chi connectivity index (χ1) is 10.5. The molecule has 3 rings (SSSR count). The number of thiazole rings is 1. The van der Waals surface area contributed by atoms with Crippen LogP contribution in [-0.4, -0.2) is 32.4 Å². The summed E-state index contributed by atoms with van der Waals surface area (Å²) in [6, 6.07) is -0.436. The topological polar surface area (TPSA) is 101 Å². The minimum atomic E-state index is -0.915. The van der Waals surface area contributed by atoms with E-state index in [0.29, 0.717) is 17.8 Å². The van der Waals surface area contributed by atoms with Crippen molar-refractivity contribution in [3.63, 3.8) is 0 Å². The minimum Gasteiger partial charge on any atom is -0.481 e. The zero-order chi connectivity index (χ0) is 15.9. The van der Waals surface area contributed by atoms with Crippen molar-refractivity contribution in [3.8, 4) is 0 Å². The lowest BCUT2D eigenvalue weighted by Gasteiger charge is -2.17. The largest absolute Gasteiger partial charge is 0.481 e. The molecule has 1 aliphatic carbocycles. The van der Waals surface area contributed by atoms with E-state index in [4.69, 9.17) is 5.11 Å². The molecule has 2 aromatic rings. The molecule has 8 heteroatoms. The summed E-state index contributed by atoms with van der Waals surface area (Å²) in [5.74, 6) is -2.07. The molecule has 1 aliphatic rings. The zero-order valence-corrected chi connectivity index (χ0v) is 12.7. The maximum atomic E-state index is 12.4. The molecule has 2 N–H and O–H groups in total. The molecule has 2 aromatic heterocycles. The molecule has 1 saturated carbocycles. The monoisotopic (exact) mass is 321 g/mol. The number of rotatable bonds is 3. The second-order valence-corrected chi connectivity index (χ2v) is 6.26. The molecule has 1 amide bonds. The molecule has 0 radical (unpaired) electrons. The van der Waals surface area contributed by atoms with Crippen molar-refractivity contribution in [1.29, 1.82) is 0 Å². The molecule has 2 atom stereocenters. The van der Waals surface area contributed by atoms with Crippen molar-refractivity contribution in [2.45, 2.75) is 32.2 Å². The van der Waals surface area contributed by atoms with Crippen molar-refractivity contribution >= 4 is 28.2 Å². The van der Waals surface area contributed by atoms with Crippen molar-refractivity contribution in [2.24, 2.45) is 5.92 Å². The van der Waals surface area contributed by atoms with Gasteiger partial charge in [0.2, 0.25) is 0 Å². The van der Waals surface area contributed by atoms with E-state index in [-0.39, 0.29) is 5.56 Å². The lowest BCUT2D eigenvalue weighted by atomic mass is 10.0. The Hall–Kier alpha value is -2.22. The van der Waals surface area contributed by atoms with E-state index < -0.39 is 29.4 Å². The van der Waals surface area contributed by atoms with Gasteiger partial charge in [-0.1, -0.05) is 6.42 Å². The van der Waals surface area contributed by atoms with Crippen molar-refractivity contribution in [2.75, 3.05) is 0 Å². The molecule has 0 unspecified atom stereocenters. The average molecular weight is 321 g/mol. The maximum Gasteiger partial charge on any atom is 0.308 e. The third-order valence-electron chi connectivity index (χ3n) is 4.01. The van der Waals surface area contributed by atoms with Gasteiger partial charge in [-0.05, 0) is 19.8 Å². The third-order valence-corrected chi connectivity index (χ3v) is 4.97. The Labute approximate surface area is 129 Å². The predicted octanol–water partition coefficient (Wildman–Crippen LogP) is 1.05. The van der Waals surface area contributed by atoms with E-state index in [9.17, 15) is 14.4 Å². The van der Waals surface area contributed by atoms with Crippen LogP contribution in [0.3, 0.4) is 0 Å². The Kier molecular flexibility index (Phi) is 3.69. The standard InChI is InChI=1S/C14H15N3O4S/c1-7-6-22-14-15-5-9(12(19)17(7)14)11(18)16-10-4-2-3-8(10)13(20)21/h5-6,8,10H,2-4H2,1H3,(H,16,18)(H,20,21)/t8-,10+/m0/s1. The third kappa shape index (κ3) is 2.39. The van der Waals surface area contributed by atoms with Gasteiger partial charge in [-0.25, -0.2) is 4.98 Å². The van der Waals surface area contributed by atoms with E-state index in [1.165, 1.54) is 21.9 Å². The van der Waals surface area contributed by atoms with Gasteiger partial charge in [0.25, 0.3) is 11.5 Å². The van der Waals surface area contributed by atoms with Crippen LogP contribution >= 0.6 is 11.3 Å². The molecule has 0 aliphatic heterocycles. The highest BCUT2D eigenvalue weighted by molar-refractivity contribution is 7.15. The number of aryl methyl sites for hydroxylation is 1. The van der Waals surface area contributed by atoms with Gasteiger partial charge < -0.3 is 10.4 Å². The number of nitrogens with one attached hydrogen (secondary N) is 1. The summed E-state index contributed by atoms with van der Waals surface area (Å²) in [6.45, 7) is 1.77. The van der Waals surface area contributed by atoms with E-state index in [1.807, 2.05) is 0 Å². The number of aliphatic carboxylic acids is 1. The summed E-state index contributed by atoms with van der Waals surface area (Å²) in [5.41, 5.74) is 0.234. The fraction of sp³-hybridized carbons (Fsp3) is 0.429. The van der Waals surface area contributed by atoms with Crippen molar-refractivity contribution in [3.05, 3.63) is 33.2 Å². The lowest BCUT2D eigenvalue weighted by Crippen LogP contribution is -2.42. The highest BCUT2D eigenvalue weighted by Crippen LogP contribution is 2.26. The van der Waals surface area contributed by atoms with Crippen LogP contribution in [0.2, 0.25) is 0 Å². The first kappa shape index (κ1) is 14.7. The van der Waals surface area contributed by atoms with Gasteiger partial charge in [0.05, 0.1) is 5.92 Å². The summed E-state index contributed by atoms with van der Waals surface area (Å²) in [7, 11) is 0. The number of hydrogen-bond donors (Lipinski definition) is 2. The molecule has 22 heavy (non-hydrogen) atoms. The van der Waals surface area contributed by atoms with Crippen LogP contribution < -0.4 is 10.9 Å². The molecule has 2 heterocycles. The van der Waals surface area contributed by atoms with E-state index in [2.05, 4.69) is 10.3 Å². The molecule has 7 nitrogen and oxygen atoms in total. The summed E-state index contributed by atoms with van der Waals surface area (Å²) < 4.78 is 1.39. The molecular weight excluding hydrogens is 306 g/mol. The number of amides is 1. The lowest BCUT2D eigenvalue weighted by molar-refractivity contribution is -0.142. The Balaban J connectivity index is 1.89. The zero-order valence-electron chi connectivity index (χ0n) is 11.9. The Bertz CT molecular complexity index is 810. The summed E-state index contributed by atoms with van der Waals surface area (Å²) in [6.07, 6.45) is 3.16. The number of carbonyl (C=O) groups is 2. The number of hydrogen-bond acceptors (Lipinski definition) is 5. The summed E-state index contributed by atoms with van der Waals surface area (Å²) >= 11 is 1.33. The normalized spacial score (nSPS) is 21.1. The van der Waals surface area contributed by atoms with Crippen LogP contribution in [0.1, 0.15) is 35.3 Å². The van der Waals surface area contributed by atoms with Gasteiger partial charge in [0.15, 0.2) is 4.96 Å². The SMILES string of the molecule is Cc1csc2ncc(C(=O)N[C@@H]3CCC[C@@H]3C(=O)O)c(=O)n12. The van der Waals surface area contributed by atoms with E-state index in [0.717, 1.165) is 12.1 Å². The highest BCUT2D eigenvalue weighted by atomic mass is 32.1. The summed E-state index contributed by atoms with van der Waals surface area (Å²) in [5, 5.41) is 13.6. The smallest absolute Gasteiger partial charge is 0.308 e. The first-order valence-corrected chi connectivity index (χ1v) is 7.86. The molecular formula is C14H15N3O4S. The number of carboxylic acid groups (broad SMARTS) is 1. The quantitative estimate of drug-likeness (QED) is 0.880. The summed E-state index contributed by atoms with van der Waals surface area (Å²) in [4.78, 5) is 40.5. The number of carbonyl (C=O) groups excluding carboxylic acids is 1. The number of aromatic nitrogens is 2. The predicted molar refractivity (Wildman–Crippen MR) is 80.3 cm³/mol. The average Bonchev–Trinajstić information content (AvgIpc) is 3.06. The first-order valence-electron chi connectivity index (χ1n) is 6.98. The van der Waals surface area contributed by atoms with Gasteiger partial charge in [-0.15, -0.1) is 11.3 Å². The maximum absolute atomic E-state index is 12.4. The van der Waals surface area contributed by atoms with E-state index >= 15 is 0 Å². The van der Waals surface area contributed by atoms with Crippen LogP contribution in [0.15, 0.2) is 16.4 Å². The van der Waals surface area contributed by atoms with E-state index in [1.54, 1.807) is 12.3 Å².